The first-order valence-electron chi connectivity index (χ1n) is 11.1. The Morgan fingerprint density at radius 1 is 1.06 bits per heavy atom. The molecule has 36 heavy (non-hydrogen) atoms. The highest BCUT2D eigenvalue weighted by molar-refractivity contribution is 6.31. The first-order chi connectivity index (χ1) is 17.2. The van der Waals surface area contributed by atoms with Gasteiger partial charge in [0.15, 0.2) is 6.10 Å². The fraction of sp³-hybridized carbons (Fsp3) is 0.192. The zero-order chi connectivity index (χ0) is 25.8. The van der Waals surface area contributed by atoms with Crippen LogP contribution in [0, 0.1) is 11.6 Å². The van der Waals surface area contributed by atoms with Crippen LogP contribution in [0.15, 0.2) is 66.7 Å². The summed E-state index contributed by atoms with van der Waals surface area (Å²) in [5.74, 6) is -3.04. The smallest absolute Gasteiger partial charge is 0.251 e. The Balaban J connectivity index is 1.50. The molecule has 0 radical (unpaired) electrons. The second-order valence-electron chi connectivity index (χ2n) is 8.31. The van der Waals surface area contributed by atoms with Crippen molar-refractivity contribution in [2.75, 3.05) is 5.32 Å². The average molecular weight is 514 g/mol. The van der Waals surface area contributed by atoms with E-state index in [2.05, 4.69) is 16.0 Å². The second-order valence-corrected chi connectivity index (χ2v) is 8.75. The molecule has 0 saturated heterocycles. The van der Waals surface area contributed by atoms with Crippen LogP contribution >= 0.6 is 11.6 Å². The highest BCUT2D eigenvalue weighted by atomic mass is 35.5. The molecule has 0 spiro atoms. The van der Waals surface area contributed by atoms with Crippen LogP contribution in [0.2, 0.25) is 5.02 Å². The third kappa shape index (κ3) is 5.98. The molecule has 0 fully saturated rings. The molecule has 0 aliphatic carbocycles. The van der Waals surface area contributed by atoms with Gasteiger partial charge in [0.05, 0.1) is 12.1 Å². The fourth-order valence-electron chi connectivity index (χ4n) is 3.83. The van der Waals surface area contributed by atoms with E-state index in [9.17, 15) is 23.2 Å². The lowest BCUT2D eigenvalue weighted by Crippen LogP contribution is -2.54. The highest BCUT2D eigenvalue weighted by Crippen LogP contribution is 2.36. The van der Waals surface area contributed by atoms with Crippen molar-refractivity contribution >= 4 is 35.0 Å². The lowest BCUT2D eigenvalue weighted by atomic mass is 10.0. The Kier molecular flexibility index (Phi) is 7.49. The van der Waals surface area contributed by atoms with Gasteiger partial charge in [0.2, 0.25) is 11.8 Å². The molecule has 0 aromatic heterocycles. The van der Waals surface area contributed by atoms with Gasteiger partial charge in [-0.25, -0.2) is 8.78 Å². The molecular weight excluding hydrogens is 492 g/mol. The number of fused-ring (bicyclic) bond motifs is 1. The first kappa shape index (κ1) is 25.1. The van der Waals surface area contributed by atoms with Crippen LogP contribution in [-0.2, 0) is 20.8 Å². The standard InChI is InChI=1S/C26H22ClF2N3O4/c1-14(30-22(33)11-15-9-18(28)13-19(29)10-15)25(34)32-23-24(16-5-3-2-4-6-16)36-21-8-7-17(27)12-20(21)31-26(23)35/h2-10,12-14,23-24H,11H2,1H3,(H,30,33)(H,31,35)(H,32,34)/t14-,23-,24+/m0/s1. The number of carbonyl (C=O) groups excluding carboxylic acids is 3. The maximum atomic E-state index is 13.4. The van der Waals surface area contributed by atoms with Gasteiger partial charge in [-0.05, 0) is 48.4 Å². The highest BCUT2D eigenvalue weighted by Gasteiger charge is 2.37. The normalized spacial score (nSPS) is 17.6. The quantitative estimate of drug-likeness (QED) is 0.465. The topological polar surface area (TPSA) is 96.5 Å². The SMILES string of the molecule is C[C@H](NC(=O)Cc1cc(F)cc(F)c1)C(=O)N[C@@H]1C(=O)Nc2cc(Cl)ccc2O[C@@H]1c1ccccc1. The van der Waals surface area contributed by atoms with Gasteiger partial charge in [0, 0.05) is 11.1 Å². The monoisotopic (exact) mass is 513 g/mol. The van der Waals surface area contributed by atoms with Crippen molar-refractivity contribution < 1.29 is 27.9 Å². The van der Waals surface area contributed by atoms with Crippen molar-refractivity contribution in [1.29, 1.82) is 0 Å². The molecule has 3 atom stereocenters. The number of hydrogen-bond acceptors (Lipinski definition) is 4. The van der Waals surface area contributed by atoms with Crippen molar-refractivity contribution in [2.24, 2.45) is 0 Å². The maximum Gasteiger partial charge on any atom is 0.251 e. The van der Waals surface area contributed by atoms with Gasteiger partial charge < -0.3 is 20.7 Å². The number of nitrogens with one attached hydrogen (secondary N) is 3. The third-order valence-electron chi connectivity index (χ3n) is 5.52. The summed E-state index contributed by atoms with van der Waals surface area (Å²) < 4.78 is 32.9. The van der Waals surface area contributed by atoms with Crippen molar-refractivity contribution in [2.45, 2.75) is 31.5 Å². The van der Waals surface area contributed by atoms with E-state index in [4.69, 9.17) is 16.3 Å². The first-order valence-corrected chi connectivity index (χ1v) is 11.4. The van der Waals surface area contributed by atoms with Crippen LogP contribution in [0.3, 0.4) is 0 Å². The Morgan fingerprint density at radius 2 is 1.75 bits per heavy atom. The second kappa shape index (κ2) is 10.7. The molecule has 186 valence electrons. The number of rotatable bonds is 6. The van der Waals surface area contributed by atoms with Gasteiger partial charge in [0.1, 0.15) is 29.5 Å². The molecule has 7 nitrogen and oxygen atoms in total. The van der Waals surface area contributed by atoms with E-state index in [0.29, 0.717) is 28.1 Å². The molecule has 0 bridgehead atoms. The van der Waals surface area contributed by atoms with E-state index >= 15 is 0 Å². The number of ether oxygens (including phenoxy) is 1. The summed E-state index contributed by atoms with van der Waals surface area (Å²) in [5.41, 5.74) is 1.12. The van der Waals surface area contributed by atoms with Crippen LogP contribution in [0.25, 0.3) is 0 Å². The van der Waals surface area contributed by atoms with E-state index in [-0.39, 0.29) is 12.0 Å². The lowest BCUT2D eigenvalue weighted by molar-refractivity contribution is -0.131. The zero-order valence-corrected chi connectivity index (χ0v) is 19.8. The number of carbonyl (C=O) groups is 3. The molecule has 4 rings (SSSR count). The van der Waals surface area contributed by atoms with Gasteiger partial charge in [0.25, 0.3) is 5.91 Å². The van der Waals surface area contributed by atoms with Gasteiger partial charge >= 0.3 is 0 Å². The van der Waals surface area contributed by atoms with Crippen LogP contribution in [-0.4, -0.2) is 29.8 Å². The largest absolute Gasteiger partial charge is 0.481 e. The predicted octanol–water partition coefficient (Wildman–Crippen LogP) is 3.92. The fourth-order valence-corrected chi connectivity index (χ4v) is 4.01. The summed E-state index contributed by atoms with van der Waals surface area (Å²) >= 11 is 6.06. The summed E-state index contributed by atoms with van der Waals surface area (Å²) in [5, 5.41) is 8.24. The summed E-state index contributed by atoms with van der Waals surface area (Å²) in [7, 11) is 0. The van der Waals surface area contributed by atoms with Gasteiger partial charge in [-0.15, -0.1) is 0 Å². The summed E-state index contributed by atoms with van der Waals surface area (Å²) in [4.78, 5) is 38.5. The molecule has 3 aromatic carbocycles. The Morgan fingerprint density at radius 3 is 2.44 bits per heavy atom. The third-order valence-corrected chi connectivity index (χ3v) is 5.76. The molecule has 3 aromatic rings. The summed E-state index contributed by atoms with van der Waals surface area (Å²) in [6.45, 7) is 1.43. The van der Waals surface area contributed by atoms with Crippen LogP contribution in [0.4, 0.5) is 14.5 Å². The maximum absolute atomic E-state index is 13.4. The lowest BCUT2D eigenvalue weighted by Gasteiger charge is -2.26. The van der Waals surface area contributed by atoms with E-state index in [1.54, 1.807) is 42.5 Å². The Bertz CT molecular complexity index is 1290. The van der Waals surface area contributed by atoms with Gasteiger partial charge in [-0.3, -0.25) is 14.4 Å². The Labute approximate surface area is 210 Å². The molecule has 0 unspecified atom stereocenters. The van der Waals surface area contributed by atoms with Crippen LogP contribution < -0.4 is 20.7 Å². The average Bonchev–Trinajstić information content (AvgIpc) is 2.94. The zero-order valence-electron chi connectivity index (χ0n) is 19.1. The van der Waals surface area contributed by atoms with E-state index in [1.165, 1.54) is 6.92 Å². The minimum absolute atomic E-state index is 0.120. The van der Waals surface area contributed by atoms with Crippen LogP contribution in [0.1, 0.15) is 24.2 Å². The van der Waals surface area contributed by atoms with Crippen LogP contribution in [0.5, 0.6) is 5.75 Å². The number of hydrogen-bond donors (Lipinski definition) is 3. The van der Waals surface area contributed by atoms with Crippen molar-refractivity contribution in [3.05, 3.63) is 94.5 Å². The number of amides is 3. The van der Waals surface area contributed by atoms with Crippen molar-refractivity contribution in [1.82, 2.24) is 10.6 Å². The minimum atomic E-state index is -1.15. The minimum Gasteiger partial charge on any atom is -0.481 e. The molecular formula is C26H22ClF2N3O4. The summed E-state index contributed by atoms with van der Waals surface area (Å²) in [6.07, 6.45) is -1.21. The predicted molar refractivity (Wildman–Crippen MR) is 129 cm³/mol. The number of anilines is 1. The van der Waals surface area contributed by atoms with Gasteiger partial charge in [-0.2, -0.15) is 0 Å². The number of halogens is 3. The summed E-state index contributed by atoms with van der Waals surface area (Å²) in [6, 6.07) is 14.2. The van der Waals surface area contributed by atoms with E-state index in [1.807, 2.05) is 6.07 Å². The molecule has 1 heterocycles. The molecule has 1 aliphatic rings. The van der Waals surface area contributed by atoms with Crippen molar-refractivity contribution in [3.63, 3.8) is 0 Å². The number of benzene rings is 3. The van der Waals surface area contributed by atoms with Crippen molar-refractivity contribution in [3.8, 4) is 5.75 Å². The molecule has 3 N–H and O–H groups in total. The Hall–Kier alpha value is -3.98. The molecule has 0 saturated carbocycles. The molecule has 1 aliphatic heterocycles. The molecule has 3 amide bonds. The molecule has 10 heteroatoms. The van der Waals surface area contributed by atoms with E-state index in [0.717, 1.165) is 12.1 Å². The van der Waals surface area contributed by atoms with E-state index < -0.39 is 47.5 Å². The van der Waals surface area contributed by atoms with Gasteiger partial charge in [-0.1, -0.05) is 41.9 Å².